The first kappa shape index (κ1) is 16.0. The van der Waals surface area contributed by atoms with Gasteiger partial charge in [-0.25, -0.2) is 0 Å². The fourth-order valence-corrected chi connectivity index (χ4v) is 3.53. The molecule has 0 aromatic heterocycles. The highest BCUT2D eigenvalue weighted by molar-refractivity contribution is 6.61. The molecule has 22 heavy (non-hydrogen) atoms. The summed E-state index contributed by atoms with van der Waals surface area (Å²) in [7, 11) is -0.239. The molecule has 0 spiro atoms. The van der Waals surface area contributed by atoms with Crippen molar-refractivity contribution in [3.05, 3.63) is 29.8 Å². The molecule has 0 atom stereocenters. The van der Waals surface area contributed by atoms with Gasteiger partial charge in [-0.1, -0.05) is 44.0 Å². The monoisotopic (exact) mass is 302 g/mol. The fourth-order valence-electron chi connectivity index (χ4n) is 3.53. The standard InChI is InChI=1S/C18H27BO3/c1-3-20-18-12-21-19(22-13-18)17-10-8-16(9-11-17)15-6-4-14(2)5-7-15/h8-11,14-15,18H,3-7,12-13H2,1-2H3. The maximum absolute atomic E-state index is 5.78. The third-order valence-corrected chi connectivity index (χ3v) is 4.97. The van der Waals surface area contributed by atoms with E-state index in [-0.39, 0.29) is 13.2 Å². The lowest BCUT2D eigenvalue weighted by Gasteiger charge is -2.28. The molecule has 4 heteroatoms. The summed E-state index contributed by atoms with van der Waals surface area (Å²) in [6, 6.07) is 8.85. The number of benzene rings is 1. The minimum Gasteiger partial charge on any atom is -0.404 e. The van der Waals surface area contributed by atoms with Crippen LogP contribution in [0.5, 0.6) is 0 Å². The van der Waals surface area contributed by atoms with Gasteiger partial charge in [0, 0.05) is 6.61 Å². The highest BCUT2D eigenvalue weighted by atomic mass is 16.6. The van der Waals surface area contributed by atoms with Gasteiger partial charge in [0.05, 0.1) is 13.2 Å². The summed E-state index contributed by atoms with van der Waals surface area (Å²) < 4.78 is 17.1. The Morgan fingerprint density at radius 3 is 2.27 bits per heavy atom. The highest BCUT2D eigenvalue weighted by Gasteiger charge is 2.29. The van der Waals surface area contributed by atoms with Crippen molar-refractivity contribution >= 4 is 12.6 Å². The molecule has 0 radical (unpaired) electrons. The summed E-state index contributed by atoms with van der Waals surface area (Å²) in [5.41, 5.74) is 2.58. The van der Waals surface area contributed by atoms with Crippen molar-refractivity contribution in [3.63, 3.8) is 0 Å². The van der Waals surface area contributed by atoms with Gasteiger partial charge in [0.2, 0.25) is 0 Å². The largest absolute Gasteiger partial charge is 0.494 e. The van der Waals surface area contributed by atoms with Gasteiger partial charge in [-0.05, 0) is 42.6 Å². The average Bonchev–Trinajstić information content (AvgIpc) is 2.57. The highest BCUT2D eigenvalue weighted by Crippen LogP contribution is 2.35. The van der Waals surface area contributed by atoms with Gasteiger partial charge in [-0.15, -0.1) is 0 Å². The molecule has 1 aliphatic heterocycles. The molecule has 0 unspecified atom stereocenters. The van der Waals surface area contributed by atoms with Crippen molar-refractivity contribution in [2.24, 2.45) is 5.92 Å². The lowest BCUT2D eigenvalue weighted by molar-refractivity contribution is -0.0376. The SMILES string of the molecule is CCOC1COB(c2ccc(C3CCC(C)CC3)cc2)OC1. The fraction of sp³-hybridized carbons (Fsp3) is 0.667. The minimum absolute atomic E-state index is 0.0738. The van der Waals surface area contributed by atoms with E-state index in [1.807, 2.05) is 6.92 Å². The van der Waals surface area contributed by atoms with Crippen molar-refractivity contribution in [1.82, 2.24) is 0 Å². The Hall–Kier alpha value is -0.835. The summed E-state index contributed by atoms with van der Waals surface area (Å²) in [5, 5.41) is 0. The molecule has 0 amide bonds. The second kappa shape index (κ2) is 7.63. The summed E-state index contributed by atoms with van der Waals surface area (Å²) >= 11 is 0. The number of hydrogen-bond acceptors (Lipinski definition) is 3. The van der Waals surface area contributed by atoms with Crippen LogP contribution in [0, 0.1) is 5.92 Å². The Balaban J connectivity index is 1.56. The van der Waals surface area contributed by atoms with E-state index in [4.69, 9.17) is 14.0 Å². The molecule has 1 heterocycles. The maximum Gasteiger partial charge on any atom is 0.494 e. The van der Waals surface area contributed by atoms with Crippen LogP contribution in [-0.2, 0) is 14.0 Å². The Morgan fingerprint density at radius 1 is 1.05 bits per heavy atom. The molecular formula is C18H27BO3. The molecule has 0 N–H and O–H groups in total. The lowest BCUT2D eigenvalue weighted by atomic mass is 9.75. The Labute approximate surface area is 134 Å². The molecule has 3 nitrogen and oxygen atoms in total. The second-order valence-electron chi connectivity index (χ2n) is 6.70. The molecule has 1 saturated carbocycles. The first-order valence-corrected chi connectivity index (χ1v) is 8.71. The maximum atomic E-state index is 5.78. The molecule has 1 aliphatic carbocycles. The van der Waals surface area contributed by atoms with Crippen molar-refractivity contribution in [3.8, 4) is 0 Å². The molecule has 120 valence electrons. The van der Waals surface area contributed by atoms with Gasteiger partial charge in [-0.2, -0.15) is 0 Å². The van der Waals surface area contributed by atoms with E-state index >= 15 is 0 Å². The van der Waals surface area contributed by atoms with E-state index in [2.05, 4.69) is 31.2 Å². The predicted octanol–water partition coefficient (Wildman–Crippen LogP) is 3.13. The van der Waals surface area contributed by atoms with Gasteiger partial charge in [-0.3, -0.25) is 0 Å². The molecule has 0 bridgehead atoms. The average molecular weight is 302 g/mol. The Morgan fingerprint density at radius 2 is 1.68 bits per heavy atom. The Bertz CT molecular complexity index is 446. The van der Waals surface area contributed by atoms with Crippen LogP contribution >= 0.6 is 0 Å². The molecule has 1 aromatic carbocycles. The third kappa shape index (κ3) is 3.92. The molecule has 2 fully saturated rings. The van der Waals surface area contributed by atoms with Gasteiger partial charge in [0.15, 0.2) is 0 Å². The van der Waals surface area contributed by atoms with E-state index in [9.17, 15) is 0 Å². The minimum atomic E-state index is -0.239. The van der Waals surface area contributed by atoms with Crippen LogP contribution in [0.15, 0.2) is 24.3 Å². The molecular weight excluding hydrogens is 275 g/mol. The van der Waals surface area contributed by atoms with Crippen molar-refractivity contribution in [2.45, 2.75) is 51.6 Å². The van der Waals surface area contributed by atoms with E-state index < -0.39 is 0 Å². The van der Waals surface area contributed by atoms with E-state index in [1.54, 1.807) is 0 Å². The Kier molecular flexibility index (Phi) is 5.56. The zero-order valence-electron chi connectivity index (χ0n) is 13.8. The van der Waals surface area contributed by atoms with Crippen LogP contribution in [0.2, 0.25) is 0 Å². The van der Waals surface area contributed by atoms with Crippen LogP contribution in [0.1, 0.15) is 51.0 Å². The predicted molar refractivity (Wildman–Crippen MR) is 89.5 cm³/mol. The van der Waals surface area contributed by atoms with Gasteiger partial charge >= 0.3 is 7.12 Å². The van der Waals surface area contributed by atoms with Crippen molar-refractivity contribution < 1.29 is 14.0 Å². The van der Waals surface area contributed by atoms with E-state index in [0.717, 1.165) is 17.3 Å². The zero-order valence-corrected chi connectivity index (χ0v) is 13.8. The number of ether oxygens (including phenoxy) is 1. The summed E-state index contributed by atoms with van der Waals surface area (Å²) in [5.74, 6) is 1.64. The van der Waals surface area contributed by atoms with Crippen LogP contribution < -0.4 is 5.46 Å². The summed E-state index contributed by atoms with van der Waals surface area (Å²) in [6.07, 6.45) is 5.45. The van der Waals surface area contributed by atoms with Crippen LogP contribution in [0.4, 0.5) is 0 Å². The van der Waals surface area contributed by atoms with E-state index in [1.165, 1.54) is 31.2 Å². The molecule has 1 saturated heterocycles. The summed E-state index contributed by atoms with van der Waals surface area (Å²) in [4.78, 5) is 0. The topological polar surface area (TPSA) is 27.7 Å². The summed E-state index contributed by atoms with van der Waals surface area (Å²) in [6.45, 7) is 6.29. The van der Waals surface area contributed by atoms with E-state index in [0.29, 0.717) is 19.8 Å². The van der Waals surface area contributed by atoms with Gasteiger partial charge in [0.1, 0.15) is 6.10 Å². The third-order valence-electron chi connectivity index (χ3n) is 4.97. The normalized spacial score (nSPS) is 27.1. The van der Waals surface area contributed by atoms with Crippen molar-refractivity contribution in [1.29, 1.82) is 0 Å². The van der Waals surface area contributed by atoms with Gasteiger partial charge in [0.25, 0.3) is 0 Å². The van der Waals surface area contributed by atoms with Crippen LogP contribution in [0.25, 0.3) is 0 Å². The lowest BCUT2D eigenvalue weighted by Crippen LogP contribution is -2.47. The first-order valence-electron chi connectivity index (χ1n) is 8.71. The first-order chi connectivity index (χ1) is 10.8. The number of rotatable bonds is 4. The molecule has 3 rings (SSSR count). The van der Waals surface area contributed by atoms with Crippen LogP contribution in [0.3, 0.4) is 0 Å². The smallest absolute Gasteiger partial charge is 0.404 e. The van der Waals surface area contributed by atoms with Crippen LogP contribution in [-0.4, -0.2) is 33.0 Å². The zero-order chi connectivity index (χ0) is 15.4. The molecule has 2 aliphatic rings. The van der Waals surface area contributed by atoms with Gasteiger partial charge < -0.3 is 14.0 Å². The second-order valence-corrected chi connectivity index (χ2v) is 6.70. The molecule has 1 aromatic rings. The van der Waals surface area contributed by atoms with Crippen molar-refractivity contribution in [2.75, 3.05) is 19.8 Å². The number of hydrogen-bond donors (Lipinski definition) is 0. The quantitative estimate of drug-likeness (QED) is 0.800.